The predicted octanol–water partition coefficient (Wildman–Crippen LogP) is 13.9. The Balaban J connectivity index is 4.28. The minimum atomic E-state index is -4.41. The number of unbranched alkanes of at least 4 members (excludes halogenated alkanes) is 27. The molecule has 2 atom stereocenters. The molecule has 0 aromatic heterocycles. The SMILES string of the molecule is CCCCC/C=C\C=C\C(=O)CCCCCCCC(=O)O[C@H](COC(=O)CCCCCCCCCCCCCCCCCCCCCCC)COP(=O)(O)OCC[N+](C)(C)C. The molecule has 0 radical (unpaired) electrons. The van der Waals surface area contributed by atoms with Crippen molar-refractivity contribution in [1.29, 1.82) is 0 Å². The summed E-state index contributed by atoms with van der Waals surface area (Å²) in [6.45, 7) is 4.26. The molecule has 0 rings (SSSR count). The number of carbonyl (C=O) groups excluding carboxylic acids is 3. The van der Waals surface area contributed by atoms with Gasteiger partial charge in [-0.3, -0.25) is 23.4 Å². The standard InChI is InChI=1S/C50H94NO9P/c1-6-8-10-12-14-15-16-17-18-19-20-21-22-23-24-25-26-27-29-33-37-41-49(53)57-45-48(46-59-61(55,56)58-44-43-51(3,4)5)60-50(54)42-38-34-30-32-36-40-47(52)39-35-31-28-13-11-9-7-2/h28,31,35,39,48H,6-27,29-30,32-34,36-38,40-46H2,1-5H3/p+1/b31-28-,39-35+/t48-/m1/s1. The van der Waals surface area contributed by atoms with E-state index in [0.717, 1.165) is 51.4 Å². The van der Waals surface area contributed by atoms with Gasteiger partial charge in [-0.15, -0.1) is 0 Å². The van der Waals surface area contributed by atoms with E-state index in [1.807, 2.05) is 33.3 Å². The van der Waals surface area contributed by atoms with Crippen LogP contribution in [0.1, 0.15) is 226 Å². The number of allylic oxidation sites excluding steroid dienone is 4. The minimum absolute atomic E-state index is 0.0115. The second-order valence-corrected chi connectivity index (χ2v) is 19.7. The number of ether oxygens (including phenoxy) is 2. The first-order valence-electron chi connectivity index (χ1n) is 25.0. The number of likely N-dealkylation sites (N-methyl/N-ethyl adjacent to an activating group) is 1. The molecule has 11 heteroatoms. The Hall–Kier alpha value is -1.84. The zero-order chi connectivity index (χ0) is 45.1. The van der Waals surface area contributed by atoms with Gasteiger partial charge in [-0.2, -0.15) is 0 Å². The van der Waals surface area contributed by atoms with E-state index >= 15 is 0 Å². The number of carbonyl (C=O) groups is 3. The van der Waals surface area contributed by atoms with Crippen LogP contribution in [0.4, 0.5) is 0 Å². The summed E-state index contributed by atoms with van der Waals surface area (Å²) in [5.41, 5.74) is 0. The highest BCUT2D eigenvalue weighted by atomic mass is 31.2. The van der Waals surface area contributed by atoms with Crippen molar-refractivity contribution >= 4 is 25.5 Å². The van der Waals surface area contributed by atoms with Crippen molar-refractivity contribution in [2.24, 2.45) is 0 Å². The fourth-order valence-electron chi connectivity index (χ4n) is 7.00. The quantitative estimate of drug-likeness (QED) is 0.0159. The highest BCUT2D eigenvalue weighted by molar-refractivity contribution is 7.47. The maximum absolute atomic E-state index is 12.7. The van der Waals surface area contributed by atoms with Gasteiger partial charge in [0.05, 0.1) is 27.7 Å². The third-order valence-electron chi connectivity index (χ3n) is 11.0. The van der Waals surface area contributed by atoms with Crippen LogP contribution >= 0.6 is 7.82 Å². The molecule has 0 spiro atoms. The molecule has 0 aliphatic carbocycles. The van der Waals surface area contributed by atoms with Gasteiger partial charge in [0.1, 0.15) is 19.8 Å². The smallest absolute Gasteiger partial charge is 0.462 e. The van der Waals surface area contributed by atoms with Gasteiger partial charge in [0.2, 0.25) is 0 Å². The van der Waals surface area contributed by atoms with E-state index in [1.54, 1.807) is 6.08 Å². The molecule has 0 saturated carbocycles. The molecule has 61 heavy (non-hydrogen) atoms. The van der Waals surface area contributed by atoms with Gasteiger partial charge < -0.3 is 18.9 Å². The number of hydrogen-bond donors (Lipinski definition) is 1. The maximum atomic E-state index is 12.7. The molecular weight excluding hydrogens is 790 g/mol. The van der Waals surface area contributed by atoms with Crippen molar-refractivity contribution in [3.8, 4) is 0 Å². The number of phosphoric ester groups is 1. The van der Waals surface area contributed by atoms with E-state index in [-0.39, 0.29) is 31.8 Å². The second kappa shape index (κ2) is 42.1. The van der Waals surface area contributed by atoms with E-state index < -0.39 is 32.5 Å². The summed E-state index contributed by atoms with van der Waals surface area (Å²) in [5.74, 6) is -0.758. The molecule has 0 amide bonds. The molecule has 0 aliphatic rings. The van der Waals surface area contributed by atoms with E-state index in [9.17, 15) is 23.8 Å². The summed E-state index contributed by atoms with van der Waals surface area (Å²) < 4.78 is 34.3. The van der Waals surface area contributed by atoms with Gasteiger partial charge in [-0.25, -0.2) is 4.57 Å². The van der Waals surface area contributed by atoms with Crippen LogP contribution in [0.25, 0.3) is 0 Å². The average molecular weight is 885 g/mol. The summed E-state index contributed by atoms with van der Waals surface area (Å²) in [4.78, 5) is 47.6. The number of ketones is 1. The van der Waals surface area contributed by atoms with E-state index in [4.69, 9.17) is 18.5 Å². The summed E-state index contributed by atoms with van der Waals surface area (Å²) in [5, 5.41) is 0. The lowest BCUT2D eigenvalue weighted by molar-refractivity contribution is -0.870. The monoisotopic (exact) mass is 885 g/mol. The van der Waals surface area contributed by atoms with E-state index in [0.29, 0.717) is 23.9 Å². The van der Waals surface area contributed by atoms with Crippen molar-refractivity contribution in [3.63, 3.8) is 0 Å². The van der Waals surface area contributed by atoms with Crippen LogP contribution < -0.4 is 0 Å². The Morgan fingerprint density at radius 1 is 0.541 bits per heavy atom. The highest BCUT2D eigenvalue weighted by Gasteiger charge is 2.27. The topological polar surface area (TPSA) is 125 Å². The molecule has 0 aromatic rings. The molecule has 0 heterocycles. The number of quaternary nitrogens is 1. The minimum Gasteiger partial charge on any atom is -0.462 e. The lowest BCUT2D eigenvalue weighted by Gasteiger charge is -2.24. The lowest BCUT2D eigenvalue weighted by Crippen LogP contribution is -2.37. The predicted molar refractivity (Wildman–Crippen MR) is 252 cm³/mol. The Morgan fingerprint density at radius 2 is 0.967 bits per heavy atom. The van der Waals surface area contributed by atoms with Crippen molar-refractivity contribution in [1.82, 2.24) is 0 Å². The first kappa shape index (κ1) is 59.2. The van der Waals surface area contributed by atoms with Crippen molar-refractivity contribution < 1.29 is 46.8 Å². The number of rotatable bonds is 46. The third-order valence-corrected chi connectivity index (χ3v) is 11.9. The molecule has 1 unspecified atom stereocenters. The molecule has 1 N–H and O–H groups in total. The van der Waals surface area contributed by atoms with Gasteiger partial charge in [0.15, 0.2) is 11.9 Å². The molecule has 0 aliphatic heterocycles. The Bertz CT molecular complexity index is 1150. The Morgan fingerprint density at radius 3 is 1.44 bits per heavy atom. The second-order valence-electron chi connectivity index (χ2n) is 18.2. The number of phosphoric acid groups is 1. The van der Waals surface area contributed by atoms with E-state index in [2.05, 4.69) is 19.9 Å². The Labute approximate surface area is 374 Å². The van der Waals surface area contributed by atoms with Crippen LogP contribution in [0, 0.1) is 0 Å². The summed E-state index contributed by atoms with van der Waals surface area (Å²) in [6, 6.07) is 0. The van der Waals surface area contributed by atoms with Crippen molar-refractivity contribution in [3.05, 3.63) is 24.3 Å². The molecule has 0 saturated heterocycles. The first-order chi connectivity index (χ1) is 29.4. The van der Waals surface area contributed by atoms with Gasteiger partial charge in [-0.1, -0.05) is 193 Å². The van der Waals surface area contributed by atoms with Crippen LogP contribution in [-0.2, 0) is 37.5 Å². The molecule has 0 fully saturated rings. The zero-order valence-corrected chi connectivity index (χ0v) is 41.1. The summed E-state index contributed by atoms with van der Waals surface area (Å²) in [7, 11) is 1.41. The summed E-state index contributed by atoms with van der Waals surface area (Å²) >= 11 is 0. The normalized spacial score (nSPS) is 13.5. The Kier molecular flexibility index (Phi) is 40.9. The fraction of sp³-hybridized carbons (Fsp3) is 0.860. The largest absolute Gasteiger partial charge is 0.472 e. The van der Waals surface area contributed by atoms with Crippen LogP contribution in [0.5, 0.6) is 0 Å². The van der Waals surface area contributed by atoms with Crippen molar-refractivity contribution in [2.45, 2.75) is 232 Å². The first-order valence-corrected chi connectivity index (χ1v) is 26.5. The molecule has 10 nitrogen and oxygen atoms in total. The van der Waals surface area contributed by atoms with E-state index in [1.165, 1.54) is 135 Å². The van der Waals surface area contributed by atoms with Crippen LogP contribution in [0.2, 0.25) is 0 Å². The summed E-state index contributed by atoms with van der Waals surface area (Å²) in [6.07, 6.45) is 43.3. The third kappa shape index (κ3) is 46.0. The molecule has 0 bridgehead atoms. The highest BCUT2D eigenvalue weighted by Crippen LogP contribution is 2.43. The van der Waals surface area contributed by atoms with Crippen LogP contribution in [0.3, 0.4) is 0 Å². The fourth-order valence-corrected chi connectivity index (χ4v) is 7.74. The number of hydrogen-bond acceptors (Lipinski definition) is 8. The van der Waals surface area contributed by atoms with Crippen molar-refractivity contribution in [2.75, 3.05) is 47.5 Å². The maximum Gasteiger partial charge on any atom is 0.472 e. The average Bonchev–Trinajstić information content (AvgIpc) is 3.21. The van der Waals surface area contributed by atoms with Gasteiger partial charge in [0, 0.05) is 19.3 Å². The van der Waals surface area contributed by atoms with Crippen LogP contribution in [-0.4, -0.2) is 80.7 Å². The van der Waals surface area contributed by atoms with Crippen LogP contribution in [0.15, 0.2) is 24.3 Å². The van der Waals surface area contributed by atoms with Gasteiger partial charge >= 0.3 is 19.8 Å². The number of esters is 2. The molecule has 0 aromatic carbocycles. The van der Waals surface area contributed by atoms with Gasteiger partial charge in [0.25, 0.3) is 0 Å². The zero-order valence-electron chi connectivity index (χ0n) is 40.2. The molecular formula is C50H95NO9P+. The van der Waals surface area contributed by atoms with Gasteiger partial charge in [-0.05, 0) is 38.2 Å². The lowest BCUT2D eigenvalue weighted by atomic mass is 10.0. The molecule has 358 valence electrons. The number of nitrogens with zero attached hydrogens (tertiary/aromatic N) is 1.